The van der Waals surface area contributed by atoms with Gasteiger partial charge in [0.25, 0.3) is 0 Å². The van der Waals surface area contributed by atoms with Gasteiger partial charge in [-0.25, -0.2) is 0 Å². The van der Waals surface area contributed by atoms with E-state index in [0.717, 1.165) is 10.8 Å². The molecular formula is C4H2Cl2O2S2. The van der Waals surface area contributed by atoms with Gasteiger partial charge in [0.05, 0.1) is 5.03 Å². The molecule has 0 saturated heterocycles. The standard InChI is InChI=1S/C4H2Cl2O2S2/c5-1-2(4(7)8)9-10-3(1)6/h2H,(H,7,8). The summed E-state index contributed by atoms with van der Waals surface area (Å²) in [6.45, 7) is 0. The van der Waals surface area contributed by atoms with Crippen molar-refractivity contribution in [3.05, 3.63) is 9.40 Å². The summed E-state index contributed by atoms with van der Waals surface area (Å²) in [5.74, 6) is -0.946. The number of hydrogen-bond acceptors (Lipinski definition) is 3. The van der Waals surface area contributed by atoms with Crippen molar-refractivity contribution in [2.24, 2.45) is 0 Å². The van der Waals surface area contributed by atoms with Gasteiger partial charge in [-0.2, -0.15) is 0 Å². The first-order valence-electron chi connectivity index (χ1n) is 2.24. The smallest absolute Gasteiger partial charge is 0.323 e. The first kappa shape index (κ1) is 8.59. The second kappa shape index (κ2) is 3.26. The van der Waals surface area contributed by atoms with Crippen molar-refractivity contribution in [1.29, 1.82) is 0 Å². The second-order valence-electron chi connectivity index (χ2n) is 1.52. The lowest BCUT2D eigenvalue weighted by atomic mass is 10.4. The highest BCUT2D eigenvalue weighted by Crippen LogP contribution is 2.49. The van der Waals surface area contributed by atoms with Crippen molar-refractivity contribution in [2.75, 3.05) is 0 Å². The Morgan fingerprint density at radius 2 is 2.20 bits per heavy atom. The lowest BCUT2D eigenvalue weighted by Gasteiger charge is -1.98. The molecule has 1 aliphatic rings. The highest BCUT2D eigenvalue weighted by Gasteiger charge is 2.31. The second-order valence-corrected chi connectivity index (χ2v) is 4.84. The molecule has 1 heterocycles. The van der Waals surface area contributed by atoms with Gasteiger partial charge in [-0.15, -0.1) is 0 Å². The monoisotopic (exact) mass is 216 g/mol. The summed E-state index contributed by atoms with van der Waals surface area (Å²) >= 11 is 11.1. The van der Waals surface area contributed by atoms with Crippen LogP contribution in [0.2, 0.25) is 0 Å². The lowest BCUT2D eigenvalue weighted by molar-refractivity contribution is -0.135. The normalized spacial score (nSPS) is 25.6. The molecule has 0 aliphatic carbocycles. The molecule has 0 radical (unpaired) electrons. The van der Waals surface area contributed by atoms with Crippen molar-refractivity contribution >= 4 is 50.8 Å². The van der Waals surface area contributed by atoms with E-state index in [9.17, 15) is 4.79 Å². The molecule has 0 amide bonds. The fourth-order valence-corrected chi connectivity index (χ4v) is 3.65. The minimum atomic E-state index is -0.946. The molecule has 0 spiro atoms. The largest absolute Gasteiger partial charge is 0.480 e. The molecular weight excluding hydrogens is 215 g/mol. The molecule has 1 atom stereocenters. The highest BCUT2D eigenvalue weighted by molar-refractivity contribution is 8.79. The van der Waals surface area contributed by atoms with Crippen LogP contribution in [0.25, 0.3) is 0 Å². The fourth-order valence-electron chi connectivity index (χ4n) is 0.425. The summed E-state index contributed by atoms with van der Waals surface area (Å²) in [6, 6.07) is 0. The Morgan fingerprint density at radius 3 is 2.40 bits per heavy atom. The van der Waals surface area contributed by atoms with Crippen LogP contribution in [0.1, 0.15) is 0 Å². The Balaban J connectivity index is 2.77. The lowest BCUT2D eigenvalue weighted by Crippen LogP contribution is -2.13. The molecule has 10 heavy (non-hydrogen) atoms. The quantitative estimate of drug-likeness (QED) is 0.684. The zero-order valence-corrected chi connectivity index (χ0v) is 7.65. The zero-order valence-electron chi connectivity index (χ0n) is 4.51. The van der Waals surface area contributed by atoms with Crippen molar-refractivity contribution in [3.8, 4) is 0 Å². The van der Waals surface area contributed by atoms with Crippen LogP contribution < -0.4 is 0 Å². The van der Waals surface area contributed by atoms with E-state index < -0.39 is 11.2 Å². The third-order valence-electron chi connectivity index (χ3n) is 0.860. The minimum absolute atomic E-state index is 0.226. The maximum Gasteiger partial charge on any atom is 0.323 e. The minimum Gasteiger partial charge on any atom is -0.480 e. The summed E-state index contributed by atoms with van der Waals surface area (Å²) in [5, 5.41) is 8.03. The van der Waals surface area contributed by atoms with Gasteiger partial charge < -0.3 is 5.11 Å². The fraction of sp³-hybridized carbons (Fsp3) is 0.250. The number of carboxylic acids is 1. The molecule has 2 nitrogen and oxygen atoms in total. The highest BCUT2D eigenvalue weighted by atomic mass is 35.5. The van der Waals surface area contributed by atoms with Gasteiger partial charge in [0.1, 0.15) is 4.36 Å². The molecule has 0 saturated carbocycles. The predicted molar refractivity (Wildman–Crippen MR) is 45.3 cm³/mol. The molecule has 6 heteroatoms. The third kappa shape index (κ3) is 1.56. The van der Waals surface area contributed by atoms with Crippen molar-refractivity contribution in [1.82, 2.24) is 0 Å². The Bertz CT molecular complexity index is 203. The molecule has 1 unspecified atom stereocenters. The van der Waals surface area contributed by atoms with Gasteiger partial charge in [-0.05, 0) is 10.8 Å². The van der Waals surface area contributed by atoms with Crippen LogP contribution in [0.3, 0.4) is 0 Å². The number of aliphatic carboxylic acids is 1. The Kier molecular flexibility index (Phi) is 2.80. The first-order valence-corrected chi connectivity index (χ1v) is 5.21. The molecule has 1 aliphatic heterocycles. The van der Waals surface area contributed by atoms with Crippen molar-refractivity contribution in [2.45, 2.75) is 5.25 Å². The SMILES string of the molecule is O=C(O)C1SSC(Cl)=C1Cl. The molecule has 0 aromatic heterocycles. The molecule has 1 rings (SSSR count). The summed E-state index contributed by atoms with van der Waals surface area (Å²) in [6.07, 6.45) is 0. The molecule has 0 aromatic carbocycles. The number of carboxylic acid groups (broad SMARTS) is 1. The van der Waals surface area contributed by atoms with Gasteiger partial charge in [0.15, 0.2) is 5.25 Å². The zero-order chi connectivity index (χ0) is 7.72. The topological polar surface area (TPSA) is 37.3 Å². The summed E-state index contributed by atoms with van der Waals surface area (Å²) in [4.78, 5) is 10.3. The maximum absolute atomic E-state index is 10.3. The molecule has 0 bridgehead atoms. The molecule has 0 aromatic rings. The maximum atomic E-state index is 10.3. The van der Waals surface area contributed by atoms with Crippen molar-refractivity contribution < 1.29 is 9.90 Å². The average Bonchev–Trinajstić information content (AvgIpc) is 2.14. The summed E-state index contributed by atoms with van der Waals surface area (Å²) in [7, 11) is 2.34. The van der Waals surface area contributed by atoms with E-state index in [4.69, 9.17) is 28.3 Å². The van der Waals surface area contributed by atoms with Crippen LogP contribution in [0.4, 0.5) is 0 Å². The average molecular weight is 217 g/mol. The van der Waals surface area contributed by atoms with Crippen LogP contribution in [0.15, 0.2) is 9.40 Å². The summed E-state index contributed by atoms with van der Waals surface area (Å²) in [5.41, 5.74) is 0. The van der Waals surface area contributed by atoms with E-state index >= 15 is 0 Å². The number of halogens is 2. The third-order valence-corrected chi connectivity index (χ3v) is 4.77. The first-order chi connectivity index (χ1) is 4.63. The molecule has 0 fully saturated rings. The van der Waals surface area contributed by atoms with Gasteiger partial charge >= 0.3 is 5.97 Å². The predicted octanol–water partition coefficient (Wildman–Crippen LogP) is 2.48. The number of carbonyl (C=O) groups is 1. The van der Waals surface area contributed by atoms with Crippen LogP contribution in [0.5, 0.6) is 0 Å². The van der Waals surface area contributed by atoms with E-state index in [1.165, 1.54) is 10.8 Å². The van der Waals surface area contributed by atoms with Crippen LogP contribution >= 0.6 is 44.8 Å². The number of rotatable bonds is 1. The van der Waals surface area contributed by atoms with E-state index in [2.05, 4.69) is 0 Å². The van der Waals surface area contributed by atoms with E-state index in [0.29, 0.717) is 4.36 Å². The number of hydrogen-bond donors (Lipinski definition) is 1. The Labute approximate surface area is 75.3 Å². The van der Waals surface area contributed by atoms with Gasteiger partial charge in [-0.1, -0.05) is 34.0 Å². The van der Waals surface area contributed by atoms with Crippen LogP contribution in [-0.4, -0.2) is 16.3 Å². The van der Waals surface area contributed by atoms with Crippen LogP contribution in [0, 0.1) is 0 Å². The van der Waals surface area contributed by atoms with E-state index in [1.54, 1.807) is 0 Å². The summed E-state index contributed by atoms with van der Waals surface area (Å²) < 4.78 is 0.374. The molecule has 56 valence electrons. The van der Waals surface area contributed by atoms with Crippen LogP contribution in [-0.2, 0) is 4.79 Å². The van der Waals surface area contributed by atoms with Crippen molar-refractivity contribution in [3.63, 3.8) is 0 Å². The Hall–Kier alpha value is 0.490. The Morgan fingerprint density at radius 1 is 1.60 bits per heavy atom. The van der Waals surface area contributed by atoms with Gasteiger partial charge in [0, 0.05) is 0 Å². The van der Waals surface area contributed by atoms with E-state index in [1.807, 2.05) is 0 Å². The molecule has 1 N–H and O–H groups in total. The van der Waals surface area contributed by atoms with Gasteiger partial charge in [0.2, 0.25) is 0 Å². The van der Waals surface area contributed by atoms with E-state index in [-0.39, 0.29) is 5.03 Å². The van der Waals surface area contributed by atoms with Gasteiger partial charge in [-0.3, -0.25) is 4.79 Å².